The predicted octanol–water partition coefficient (Wildman–Crippen LogP) is 1.26. The molecule has 0 spiro atoms. The highest BCUT2D eigenvalue weighted by Crippen LogP contribution is 2.18. The van der Waals surface area contributed by atoms with Crippen LogP contribution < -0.4 is 10.1 Å². The lowest BCUT2D eigenvalue weighted by molar-refractivity contribution is 0.195. The van der Waals surface area contributed by atoms with E-state index in [1.54, 1.807) is 0 Å². The smallest absolute Gasteiger partial charge is 0.119 e. The fourth-order valence-corrected chi connectivity index (χ4v) is 1.69. The van der Waals surface area contributed by atoms with E-state index in [4.69, 9.17) is 14.6 Å². The molecule has 4 nitrogen and oxygen atoms in total. The van der Waals surface area contributed by atoms with Crippen molar-refractivity contribution < 1.29 is 14.6 Å². The van der Waals surface area contributed by atoms with Gasteiger partial charge in [0.05, 0.1) is 19.3 Å². The Morgan fingerprint density at radius 3 is 2.81 bits per heavy atom. The SMILES string of the molecule is OCCOc1ccc(NC2CCOC2)cc1. The van der Waals surface area contributed by atoms with Crippen molar-refractivity contribution >= 4 is 5.69 Å². The highest BCUT2D eigenvalue weighted by molar-refractivity contribution is 5.47. The van der Waals surface area contributed by atoms with Gasteiger partial charge in [0.25, 0.3) is 0 Å². The summed E-state index contributed by atoms with van der Waals surface area (Å²) in [6, 6.07) is 8.17. The number of benzene rings is 1. The Balaban J connectivity index is 1.86. The number of aliphatic hydroxyl groups excluding tert-OH is 1. The average Bonchev–Trinajstić information content (AvgIpc) is 2.81. The summed E-state index contributed by atoms with van der Waals surface area (Å²) in [5, 5.41) is 12.0. The Bertz CT molecular complexity index is 307. The number of hydrogen-bond donors (Lipinski definition) is 2. The maximum atomic E-state index is 8.62. The van der Waals surface area contributed by atoms with Crippen LogP contribution in [0.5, 0.6) is 5.75 Å². The molecule has 2 rings (SSSR count). The van der Waals surface area contributed by atoms with Gasteiger partial charge in [0.15, 0.2) is 0 Å². The molecule has 0 aromatic heterocycles. The number of nitrogens with one attached hydrogen (secondary N) is 1. The second kappa shape index (κ2) is 5.72. The quantitative estimate of drug-likeness (QED) is 0.789. The van der Waals surface area contributed by atoms with Crippen molar-refractivity contribution in [2.45, 2.75) is 12.5 Å². The van der Waals surface area contributed by atoms with Crippen LogP contribution in [0.4, 0.5) is 5.69 Å². The average molecular weight is 223 g/mol. The summed E-state index contributed by atoms with van der Waals surface area (Å²) in [7, 11) is 0. The fraction of sp³-hybridized carbons (Fsp3) is 0.500. The minimum absolute atomic E-state index is 0.0411. The largest absolute Gasteiger partial charge is 0.491 e. The molecule has 1 aliphatic heterocycles. The molecule has 1 heterocycles. The molecule has 1 aromatic rings. The third-order valence-corrected chi connectivity index (χ3v) is 2.51. The van der Waals surface area contributed by atoms with Gasteiger partial charge in [-0.05, 0) is 30.7 Å². The number of hydrogen-bond acceptors (Lipinski definition) is 4. The number of ether oxygens (including phenoxy) is 2. The van der Waals surface area contributed by atoms with Crippen molar-refractivity contribution in [3.8, 4) is 5.75 Å². The zero-order chi connectivity index (χ0) is 11.2. The molecular weight excluding hydrogens is 206 g/mol. The first-order valence-corrected chi connectivity index (χ1v) is 5.56. The molecule has 88 valence electrons. The van der Waals surface area contributed by atoms with Crippen molar-refractivity contribution in [1.29, 1.82) is 0 Å². The van der Waals surface area contributed by atoms with E-state index in [2.05, 4.69) is 5.32 Å². The number of aliphatic hydroxyl groups is 1. The summed E-state index contributed by atoms with van der Waals surface area (Å²) in [5.41, 5.74) is 1.08. The van der Waals surface area contributed by atoms with Gasteiger partial charge in [0, 0.05) is 12.3 Å². The van der Waals surface area contributed by atoms with E-state index in [0.29, 0.717) is 12.6 Å². The summed E-state index contributed by atoms with van der Waals surface area (Å²) < 4.78 is 10.6. The molecule has 1 saturated heterocycles. The van der Waals surface area contributed by atoms with Gasteiger partial charge in [0.2, 0.25) is 0 Å². The predicted molar refractivity (Wildman–Crippen MR) is 61.9 cm³/mol. The number of rotatable bonds is 5. The summed E-state index contributed by atoms with van der Waals surface area (Å²) in [6.07, 6.45) is 1.06. The second-order valence-electron chi connectivity index (χ2n) is 3.80. The highest BCUT2D eigenvalue weighted by atomic mass is 16.5. The van der Waals surface area contributed by atoms with Crippen molar-refractivity contribution in [2.24, 2.45) is 0 Å². The van der Waals surface area contributed by atoms with Gasteiger partial charge in [-0.2, -0.15) is 0 Å². The van der Waals surface area contributed by atoms with Crippen LogP contribution in [0.25, 0.3) is 0 Å². The third-order valence-electron chi connectivity index (χ3n) is 2.51. The first-order chi connectivity index (χ1) is 7.88. The van der Waals surface area contributed by atoms with Crippen molar-refractivity contribution in [1.82, 2.24) is 0 Å². The van der Waals surface area contributed by atoms with E-state index < -0.39 is 0 Å². The minimum atomic E-state index is 0.0411. The zero-order valence-electron chi connectivity index (χ0n) is 9.19. The minimum Gasteiger partial charge on any atom is -0.491 e. The zero-order valence-corrected chi connectivity index (χ0v) is 9.19. The molecular formula is C12H17NO3. The van der Waals surface area contributed by atoms with Crippen molar-refractivity contribution in [3.05, 3.63) is 24.3 Å². The first-order valence-electron chi connectivity index (χ1n) is 5.56. The topological polar surface area (TPSA) is 50.7 Å². The van der Waals surface area contributed by atoms with Gasteiger partial charge < -0.3 is 19.9 Å². The third kappa shape index (κ3) is 3.12. The van der Waals surface area contributed by atoms with E-state index >= 15 is 0 Å². The maximum absolute atomic E-state index is 8.62. The van der Waals surface area contributed by atoms with Crippen LogP contribution in [-0.2, 0) is 4.74 Å². The molecule has 0 aliphatic carbocycles. The highest BCUT2D eigenvalue weighted by Gasteiger charge is 2.14. The molecule has 2 N–H and O–H groups in total. The van der Waals surface area contributed by atoms with Gasteiger partial charge in [-0.25, -0.2) is 0 Å². The van der Waals surface area contributed by atoms with Crippen LogP contribution in [0.1, 0.15) is 6.42 Å². The molecule has 0 radical (unpaired) electrons. The molecule has 0 saturated carbocycles. The van der Waals surface area contributed by atoms with Gasteiger partial charge >= 0.3 is 0 Å². The van der Waals surface area contributed by atoms with Crippen LogP contribution in [0, 0.1) is 0 Å². The van der Waals surface area contributed by atoms with E-state index in [-0.39, 0.29) is 6.61 Å². The summed E-state index contributed by atoms with van der Waals surface area (Å²) in [6.45, 7) is 2.00. The van der Waals surface area contributed by atoms with E-state index in [0.717, 1.165) is 31.1 Å². The Labute approximate surface area is 95.2 Å². The monoisotopic (exact) mass is 223 g/mol. The molecule has 1 aromatic carbocycles. The molecule has 0 amide bonds. The molecule has 1 atom stereocenters. The standard InChI is InChI=1S/C12H17NO3/c14-6-8-16-12-3-1-10(2-4-12)13-11-5-7-15-9-11/h1-4,11,13-14H,5-9H2. The Morgan fingerprint density at radius 2 is 2.19 bits per heavy atom. The van der Waals surface area contributed by atoms with Crippen molar-refractivity contribution in [2.75, 3.05) is 31.7 Å². The van der Waals surface area contributed by atoms with Gasteiger partial charge in [0.1, 0.15) is 12.4 Å². The lowest BCUT2D eigenvalue weighted by atomic mass is 10.2. The van der Waals surface area contributed by atoms with Gasteiger partial charge in [-0.3, -0.25) is 0 Å². The molecule has 1 fully saturated rings. The normalized spacial score (nSPS) is 19.7. The fourth-order valence-electron chi connectivity index (χ4n) is 1.69. The molecule has 1 unspecified atom stereocenters. The number of anilines is 1. The Hall–Kier alpha value is -1.26. The Kier molecular flexibility index (Phi) is 4.02. The summed E-state index contributed by atoms with van der Waals surface area (Å²) in [4.78, 5) is 0. The lowest BCUT2D eigenvalue weighted by Gasteiger charge is -2.12. The molecule has 1 aliphatic rings. The summed E-state index contributed by atoms with van der Waals surface area (Å²) in [5.74, 6) is 0.780. The van der Waals surface area contributed by atoms with E-state index in [9.17, 15) is 0 Å². The van der Waals surface area contributed by atoms with Gasteiger partial charge in [-0.1, -0.05) is 0 Å². The van der Waals surface area contributed by atoms with E-state index in [1.807, 2.05) is 24.3 Å². The second-order valence-corrected chi connectivity index (χ2v) is 3.80. The Morgan fingerprint density at radius 1 is 1.38 bits per heavy atom. The lowest BCUT2D eigenvalue weighted by Crippen LogP contribution is -2.18. The van der Waals surface area contributed by atoms with Crippen LogP contribution >= 0.6 is 0 Å². The molecule has 0 bridgehead atoms. The van der Waals surface area contributed by atoms with Crippen LogP contribution in [0.15, 0.2) is 24.3 Å². The van der Waals surface area contributed by atoms with E-state index in [1.165, 1.54) is 0 Å². The molecule has 16 heavy (non-hydrogen) atoms. The van der Waals surface area contributed by atoms with Gasteiger partial charge in [-0.15, -0.1) is 0 Å². The first kappa shape index (κ1) is 11.2. The van der Waals surface area contributed by atoms with Crippen LogP contribution in [0.3, 0.4) is 0 Å². The molecule has 4 heteroatoms. The maximum Gasteiger partial charge on any atom is 0.119 e. The van der Waals surface area contributed by atoms with Crippen LogP contribution in [-0.4, -0.2) is 37.6 Å². The van der Waals surface area contributed by atoms with Crippen LogP contribution in [0.2, 0.25) is 0 Å². The summed E-state index contributed by atoms with van der Waals surface area (Å²) >= 11 is 0. The van der Waals surface area contributed by atoms with Crippen molar-refractivity contribution in [3.63, 3.8) is 0 Å².